The molecule has 0 heterocycles. The molecular weight excluding hydrogens is 455 g/mol. The van der Waals surface area contributed by atoms with E-state index in [0.717, 1.165) is 27.4 Å². The standard InChI is InChI=1S/C11H12BrNO.C7H8BrN.ClH/c12-10-5-1-8(2-6-10)7-13-11(14)9-3-4-9;8-7-3-1-6(5-9)2-4-7;/h1-2,5-6,9H,3-4,7H2,(H,13,14);1-4H,5,9H2;1H. The molecule has 0 atom stereocenters. The van der Waals surface area contributed by atoms with Crippen molar-refractivity contribution in [2.75, 3.05) is 0 Å². The van der Waals surface area contributed by atoms with Gasteiger partial charge in [0, 0.05) is 28.0 Å². The summed E-state index contributed by atoms with van der Waals surface area (Å²) in [6.07, 6.45) is 2.12. The van der Waals surface area contributed by atoms with Crippen LogP contribution in [0.1, 0.15) is 24.0 Å². The van der Waals surface area contributed by atoms with Gasteiger partial charge < -0.3 is 11.1 Å². The molecule has 0 spiro atoms. The second-order valence-electron chi connectivity index (χ2n) is 5.45. The van der Waals surface area contributed by atoms with E-state index in [9.17, 15) is 4.79 Å². The average Bonchev–Trinajstić information content (AvgIpc) is 3.40. The zero-order chi connectivity index (χ0) is 16.7. The van der Waals surface area contributed by atoms with Crippen molar-refractivity contribution >= 4 is 50.2 Å². The van der Waals surface area contributed by atoms with Crippen LogP contribution >= 0.6 is 44.3 Å². The predicted molar refractivity (Wildman–Crippen MR) is 108 cm³/mol. The van der Waals surface area contributed by atoms with Gasteiger partial charge in [-0.3, -0.25) is 4.79 Å². The van der Waals surface area contributed by atoms with Gasteiger partial charge in [0.05, 0.1) is 0 Å². The van der Waals surface area contributed by atoms with Crippen LogP contribution in [0.4, 0.5) is 0 Å². The molecule has 0 unspecified atom stereocenters. The lowest BCUT2D eigenvalue weighted by molar-refractivity contribution is -0.122. The fourth-order valence-corrected chi connectivity index (χ4v) is 2.43. The Morgan fingerprint density at radius 2 is 1.42 bits per heavy atom. The van der Waals surface area contributed by atoms with Gasteiger partial charge >= 0.3 is 0 Å². The number of hydrogen-bond donors (Lipinski definition) is 2. The molecule has 3 nitrogen and oxygen atoms in total. The molecule has 0 bridgehead atoms. The first-order valence-corrected chi connectivity index (χ1v) is 9.13. The molecule has 1 aliphatic carbocycles. The van der Waals surface area contributed by atoms with Crippen LogP contribution in [0.5, 0.6) is 0 Å². The Morgan fingerprint density at radius 3 is 1.83 bits per heavy atom. The number of carbonyl (C=O) groups is 1. The zero-order valence-electron chi connectivity index (χ0n) is 13.2. The van der Waals surface area contributed by atoms with Gasteiger partial charge in [-0.05, 0) is 48.2 Å². The highest BCUT2D eigenvalue weighted by Gasteiger charge is 2.29. The Kier molecular flexibility index (Phi) is 9.59. The molecule has 1 fully saturated rings. The number of halogens is 3. The third kappa shape index (κ3) is 7.79. The van der Waals surface area contributed by atoms with Crippen molar-refractivity contribution in [1.29, 1.82) is 0 Å². The second kappa shape index (κ2) is 10.9. The third-order valence-electron chi connectivity index (χ3n) is 3.48. The van der Waals surface area contributed by atoms with Gasteiger partial charge in [-0.25, -0.2) is 0 Å². The smallest absolute Gasteiger partial charge is 0.223 e. The van der Waals surface area contributed by atoms with E-state index in [1.807, 2.05) is 48.5 Å². The van der Waals surface area contributed by atoms with Gasteiger partial charge in [0.1, 0.15) is 0 Å². The van der Waals surface area contributed by atoms with E-state index in [1.165, 1.54) is 5.56 Å². The van der Waals surface area contributed by atoms with Gasteiger partial charge in [-0.15, -0.1) is 12.4 Å². The lowest BCUT2D eigenvalue weighted by atomic mass is 10.2. The van der Waals surface area contributed by atoms with E-state index in [-0.39, 0.29) is 18.3 Å². The maximum atomic E-state index is 11.3. The Bertz CT molecular complexity index is 628. The van der Waals surface area contributed by atoms with Crippen molar-refractivity contribution in [1.82, 2.24) is 5.32 Å². The van der Waals surface area contributed by atoms with E-state index < -0.39 is 0 Å². The fraction of sp³-hybridized carbons (Fsp3) is 0.278. The number of nitrogens with two attached hydrogens (primary N) is 1. The number of carbonyl (C=O) groups excluding carboxylic acids is 1. The monoisotopic (exact) mass is 474 g/mol. The fourth-order valence-electron chi connectivity index (χ4n) is 1.90. The zero-order valence-corrected chi connectivity index (χ0v) is 17.2. The third-order valence-corrected chi connectivity index (χ3v) is 4.53. The van der Waals surface area contributed by atoms with Crippen molar-refractivity contribution in [3.05, 3.63) is 68.6 Å². The van der Waals surface area contributed by atoms with Crippen LogP contribution in [-0.2, 0) is 17.9 Å². The molecule has 3 rings (SSSR count). The molecule has 0 aliphatic heterocycles. The molecule has 0 saturated heterocycles. The van der Waals surface area contributed by atoms with Crippen LogP contribution in [0.25, 0.3) is 0 Å². The van der Waals surface area contributed by atoms with Crippen LogP contribution in [0.15, 0.2) is 57.5 Å². The highest BCUT2D eigenvalue weighted by Crippen LogP contribution is 2.28. The Hall–Kier alpha value is -0.880. The molecule has 6 heteroatoms. The van der Waals surface area contributed by atoms with Crippen LogP contribution in [0.3, 0.4) is 0 Å². The molecule has 2 aromatic carbocycles. The van der Waals surface area contributed by atoms with Crippen LogP contribution in [-0.4, -0.2) is 5.91 Å². The highest BCUT2D eigenvalue weighted by atomic mass is 79.9. The van der Waals surface area contributed by atoms with E-state index in [1.54, 1.807) is 0 Å². The molecule has 3 N–H and O–H groups in total. The van der Waals surface area contributed by atoms with Crippen LogP contribution in [0, 0.1) is 5.92 Å². The van der Waals surface area contributed by atoms with Crippen molar-refractivity contribution < 1.29 is 4.79 Å². The Morgan fingerprint density at radius 1 is 0.958 bits per heavy atom. The minimum atomic E-state index is 0. The molecule has 0 radical (unpaired) electrons. The minimum absolute atomic E-state index is 0. The summed E-state index contributed by atoms with van der Waals surface area (Å²) in [4.78, 5) is 11.3. The van der Waals surface area contributed by atoms with Gasteiger partial charge in [0.2, 0.25) is 5.91 Å². The molecule has 2 aromatic rings. The van der Waals surface area contributed by atoms with Crippen molar-refractivity contribution in [2.24, 2.45) is 11.7 Å². The molecule has 24 heavy (non-hydrogen) atoms. The first-order valence-electron chi connectivity index (χ1n) is 7.55. The topological polar surface area (TPSA) is 55.1 Å². The van der Waals surface area contributed by atoms with E-state index in [4.69, 9.17) is 5.73 Å². The Labute approximate surface area is 166 Å². The number of rotatable bonds is 4. The summed E-state index contributed by atoms with van der Waals surface area (Å²) in [6.45, 7) is 1.26. The lowest BCUT2D eigenvalue weighted by Crippen LogP contribution is -2.23. The number of nitrogens with one attached hydrogen (secondary N) is 1. The van der Waals surface area contributed by atoms with Crippen molar-refractivity contribution in [3.63, 3.8) is 0 Å². The summed E-state index contributed by atoms with van der Waals surface area (Å²) < 4.78 is 2.16. The normalized spacial score (nSPS) is 12.5. The van der Waals surface area contributed by atoms with Crippen molar-refractivity contribution in [2.45, 2.75) is 25.9 Å². The summed E-state index contributed by atoms with van der Waals surface area (Å²) >= 11 is 6.71. The second-order valence-corrected chi connectivity index (χ2v) is 7.28. The van der Waals surface area contributed by atoms with Gasteiger partial charge in [0.15, 0.2) is 0 Å². The predicted octanol–water partition coefficient (Wildman–Crippen LogP) is 4.80. The summed E-state index contributed by atoms with van der Waals surface area (Å²) in [7, 11) is 0. The number of amides is 1. The van der Waals surface area contributed by atoms with Gasteiger partial charge in [0.25, 0.3) is 0 Å². The van der Waals surface area contributed by atoms with E-state index in [2.05, 4.69) is 37.2 Å². The summed E-state index contributed by atoms with van der Waals surface area (Å²) in [5.41, 5.74) is 7.69. The van der Waals surface area contributed by atoms with E-state index >= 15 is 0 Å². The minimum Gasteiger partial charge on any atom is -0.352 e. The van der Waals surface area contributed by atoms with Gasteiger partial charge in [-0.2, -0.15) is 0 Å². The molecule has 1 aliphatic rings. The average molecular weight is 477 g/mol. The number of benzene rings is 2. The van der Waals surface area contributed by atoms with Crippen molar-refractivity contribution in [3.8, 4) is 0 Å². The van der Waals surface area contributed by atoms with Crippen LogP contribution in [0.2, 0.25) is 0 Å². The first kappa shape index (κ1) is 21.2. The number of hydrogen-bond acceptors (Lipinski definition) is 2. The lowest BCUT2D eigenvalue weighted by Gasteiger charge is -2.03. The molecule has 1 saturated carbocycles. The van der Waals surface area contributed by atoms with Gasteiger partial charge in [-0.1, -0.05) is 56.1 Å². The maximum absolute atomic E-state index is 11.3. The summed E-state index contributed by atoms with van der Waals surface area (Å²) in [6, 6.07) is 16.0. The highest BCUT2D eigenvalue weighted by molar-refractivity contribution is 9.10. The summed E-state index contributed by atoms with van der Waals surface area (Å²) in [5, 5.41) is 2.93. The quantitative estimate of drug-likeness (QED) is 0.666. The summed E-state index contributed by atoms with van der Waals surface area (Å²) in [5.74, 6) is 0.498. The maximum Gasteiger partial charge on any atom is 0.223 e. The molecule has 0 aromatic heterocycles. The SMILES string of the molecule is Cl.NCc1ccc(Br)cc1.O=C(NCc1ccc(Br)cc1)C1CC1. The first-order chi connectivity index (χ1) is 11.1. The molecular formula is C18H21Br2ClN2O. The van der Waals surface area contributed by atoms with Crippen LogP contribution < -0.4 is 11.1 Å². The molecule has 1 amide bonds. The van der Waals surface area contributed by atoms with E-state index in [0.29, 0.717) is 19.0 Å². The molecule has 130 valence electrons. The Balaban J connectivity index is 0.000000252. The largest absolute Gasteiger partial charge is 0.352 e.